The van der Waals surface area contributed by atoms with Crippen molar-refractivity contribution >= 4 is 27.0 Å². The molecule has 1 unspecified atom stereocenters. The van der Waals surface area contributed by atoms with Gasteiger partial charge in [0.05, 0.1) is 16.6 Å². The molecule has 0 spiro atoms. The fourth-order valence-electron chi connectivity index (χ4n) is 1.79. The van der Waals surface area contributed by atoms with Crippen LogP contribution in [0.5, 0.6) is 0 Å². The average Bonchev–Trinajstić information content (AvgIpc) is 2.55. The fraction of sp³-hybridized carbons (Fsp3) is 0.417. The van der Waals surface area contributed by atoms with Gasteiger partial charge in [-0.3, -0.25) is 0 Å². The van der Waals surface area contributed by atoms with Gasteiger partial charge < -0.3 is 15.4 Å². The molecule has 3 N–H and O–H groups in total. The Morgan fingerprint density at radius 1 is 1.53 bits per heavy atom. The Labute approximate surface area is 109 Å². The molecule has 1 aromatic carbocycles. The van der Waals surface area contributed by atoms with E-state index in [1.165, 1.54) is 0 Å². The number of halogens is 1. The molecule has 92 valence electrons. The number of rotatable bonds is 3. The molecule has 5 heteroatoms. The highest BCUT2D eigenvalue weighted by molar-refractivity contribution is 9.10. The summed E-state index contributed by atoms with van der Waals surface area (Å²) >= 11 is 3.42. The highest BCUT2D eigenvalue weighted by Crippen LogP contribution is 2.21. The van der Waals surface area contributed by atoms with Gasteiger partial charge in [0.1, 0.15) is 5.82 Å². The molecule has 0 bridgehead atoms. The molecule has 0 saturated carbocycles. The maximum Gasteiger partial charge on any atom is 0.112 e. The van der Waals surface area contributed by atoms with Gasteiger partial charge in [0.25, 0.3) is 0 Å². The van der Waals surface area contributed by atoms with Gasteiger partial charge in [0.15, 0.2) is 0 Å². The third-order valence-corrected chi connectivity index (χ3v) is 3.41. The summed E-state index contributed by atoms with van der Waals surface area (Å²) in [6.45, 7) is 1.95. The zero-order valence-corrected chi connectivity index (χ0v) is 11.5. The first kappa shape index (κ1) is 12.5. The predicted molar refractivity (Wildman–Crippen MR) is 71.8 cm³/mol. The minimum Gasteiger partial charge on any atom is -0.388 e. The van der Waals surface area contributed by atoms with Crippen molar-refractivity contribution in [1.82, 2.24) is 9.55 Å². The molecule has 0 aliphatic carbocycles. The summed E-state index contributed by atoms with van der Waals surface area (Å²) < 4.78 is 2.99. The molecule has 2 rings (SSSR count). The summed E-state index contributed by atoms with van der Waals surface area (Å²) in [6, 6.07) is 5.96. The summed E-state index contributed by atoms with van der Waals surface area (Å²) in [5.74, 6) is 0.841. The Hall–Kier alpha value is -0.910. The molecular weight excluding hydrogens is 282 g/mol. The van der Waals surface area contributed by atoms with Crippen molar-refractivity contribution in [3.8, 4) is 0 Å². The number of benzene rings is 1. The molecule has 2 aromatic rings. The van der Waals surface area contributed by atoms with Crippen molar-refractivity contribution in [2.75, 3.05) is 6.54 Å². The Morgan fingerprint density at radius 2 is 2.24 bits per heavy atom. The Balaban J connectivity index is 2.45. The van der Waals surface area contributed by atoms with E-state index < -0.39 is 5.60 Å². The number of hydrogen-bond acceptors (Lipinski definition) is 3. The Bertz CT molecular complexity index is 548. The second-order valence-corrected chi connectivity index (χ2v) is 5.51. The Morgan fingerprint density at radius 3 is 2.88 bits per heavy atom. The summed E-state index contributed by atoms with van der Waals surface area (Å²) in [6.07, 6.45) is 0.451. The molecule has 0 fully saturated rings. The lowest BCUT2D eigenvalue weighted by atomic mass is 10.0. The summed E-state index contributed by atoms with van der Waals surface area (Å²) in [4.78, 5) is 4.52. The molecule has 0 aliphatic rings. The second-order valence-electron chi connectivity index (χ2n) is 4.60. The van der Waals surface area contributed by atoms with Crippen molar-refractivity contribution in [2.45, 2.75) is 18.9 Å². The summed E-state index contributed by atoms with van der Waals surface area (Å²) in [5, 5.41) is 9.99. The standard InChI is InChI=1S/C12H16BrN3O/c1-12(17,7-14)6-11-15-9-5-8(13)3-4-10(9)16(11)2/h3-5,17H,6-7,14H2,1-2H3. The number of aliphatic hydroxyl groups is 1. The quantitative estimate of drug-likeness (QED) is 0.904. The van der Waals surface area contributed by atoms with Crippen molar-refractivity contribution in [2.24, 2.45) is 12.8 Å². The molecule has 0 aliphatic heterocycles. The van der Waals surface area contributed by atoms with Crippen LogP contribution in [0.25, 0.3) is 11.0 Å². The van der Waals surface area contributed by atoms with Crippen LogP contribution >= 0.6 is 15.9 Å². The van der Waals surface area contributed by atoms with Crippen LogP contribution in [0.3, 0.4) is 0 Å². The molecule has 0 radical (unpaired) electrons. The van der Waals surface area contributed by atoms with Crippen molar-refractivity contribution in [3.63, 3.8) is 0 Å². The van der Waals surface area contributed by atoms with Gasteiger partial charge in [-0.15, -0.1) is 0 Å². The molecule has 1 atom stereocenters. The highest BCUT2D eigenvalue weighted by Gasteiger charge is 2.22. The van der Waals surface area contributed by atoms with E-state index in [0.717, 1.165) is 21.3 Å². The number of nitrogens with zero attached hydrogens (tertiary/aromatic N) is 2. The average molecular weight is 298 g/mol. The van der Waals surface area contributed by atoms with Crippen molar-refractivity contribution in [1.29, 1.82) is 0 Å². The molecular formula is C12H16BrN3O. The summed E-state index contributed by atoms with van der Waals surface area (Å²) in [7, 11) is 1.95. The van der Waals surface area contributed by atoms with Crippen LogP contribution in [0.1, 0.15) is 12.7 Å². The minimum absolute atomic E-state index is 0.222. The smallest absolute Gasteiger partial charge is 0.112 e. The predicted octanol–water partition coefficient (Wildman–Crippen LogP) is 1.59. The van der Waals surface area contributed by atoms with Crippen LogP contribution in [0.2, 0.25) is 0 Å². The zero-order valence-electron chi connectivity index (χ0n) is 9.94. The molecule has 0 saturated heterocycles. The van der Waals surface area contributed by atoms with E-state index in [0.29, 0.717) is 6.42 Å². The number of imidazole rings is 1. The van der Waals surface area contributed by atoms with E-state index in [1.807, 2.05) is 29.8 Å². The first-order valence-electron chi connectivity index (χ1n) is 5.46. The van der Waals surface area contributed by atoms with E-state index >= 15 is 0 Å². The monoisotopic (exact) mass is 297 g/mol. The van der Waals surface area contributed by atoms with Crippen LogP contribution in [0, 0.1) is 0 Å². The molecule has 1 heterocycles. The third-order valence-electron chi connectivity index (χ3n) is 2.91. The normalized spacial score (nSPS) is 15.1. The van der Waals surface area contributed by atoms with Gasteiger partial charge in [0, 0.05) is 24.5 Å². The summed E-state index contributed by atoms with van der Waals surface area (Å²) in [5.41, 5.74) is 6.59. The number of nitrogens with two attached hydrogens (primary N) is 1. The number of aromatic nitrogens is 2. The van der Waals surface area contributed by atoms with Crippen LogP contribution < -0.4 is 5.73 Å². The first-order valence-corrected chi connectivity index (χ1v) is 6.25. The van der Waals surface area contributed by atoms with E-state index in [2.05, 4.69) is 20.9 Å². The van der Waals surface area contributed by atoms with Crippen LogP contribution in [-0.2, 0) is 13.5 Å². The van der Waals surface area contributed by atoms with Crippen LogP contribution in [-0.4, -0.2) is 26.8 Å². The molecule has 17 heavy (non-hydrogen) atoms. The molecule has 4 nitrogen and oxygen atoms in total. The number of fused-ring (bicyclic) bond motifs is 1. The van der Waals surface area contributed by atoms with Gasteiger partial charge in [-0.1, -0.05) is 15.9 Å². The largest absolute Gasteiger partial charge is 0.388 e. The van der Waals surface area contributed by atoms with E-state index in [9.17, 15) is 5.11 Å². The molecule has 0 amide bonds. The SMILES string of the molecule is Cn1c(CC(C)(O)CN)nc2cc(Br)ccc21. The fourth-order valence-corrected chi connectivity index (χ4v) is 2.14. The lowest BCUT2D eigenvalue weighted by Gasteiger charge is -2.20. The van der Waals surface area contributed by atoms with E-state index in [4.69, 9.17) is 5.73 Å². The topological polar surface area (TPSA) is 64.1 Å². The van der Waals surface area contributed by atoms with Gasteiger partial charge in [0.2, 0.25) is 0 Å². The zero-order chi connectivity index (χ0) is 12.6. The first-order chi connectivity index (χ1) is 7.93. The van der Waals surface area contributed by atoms with Crippen molar-refractivity contribution in [3.05, 3.63) is 28.5 Å². The van der Waals surface area contributed by atoms with Gasteiger partial charge in [-0.2, -0.15) is 0 Å². The number of aryl methyl sites for hydroxylation is 1. The maximum atomic E-state index is 9.99. The lowest BCUT2D eigenvalue weighted by molar-refractivity contribution is 0.0670. The van der Waals surface area contributed by atoms with Crippen LogP contribution in [0.15, 0.2) is 22.7 Å². The van der Waals surface area contributed by atoms with E-state index in [1.54, 1.807) is 6.92 Å². The van der Waals surface area contributed by atoms with Gasteiger partial charge in [-0.25, -0.2) is 4.98 Å². The minimum atomic E-state index is -0.910. The Kier molecular flexibility index (Phi) is 3.25. The van der Waals surface area contributed by atoms with Crippen LogP contribution in [0.4, 0.5) is 0 Å². The highest BCUT2D eigenvalue weighted by atomic mass is 79.9. The van der Waals surface area contributed by atoms with Gasteiger partial charge in [-0.05, 0) is 25.1 Å². The third kappa shape index (κ3) is 2.51. The number of hydrogen-bond donors (Lipinski definition) is 2. The lowest BCUT2D eigenvalue weighted by Crippen LogP contribution is -2.37. The van der Waals surface area contributed by atoms with Crippen molar-refractivity contribution < 1.29 is 5.11 Å². The van der Waals surface area contributed by atoms with Gasteiger partial charge >= 0.3 is 0 Å². The maximum absolute atomic E-state index is 9.99. The van der Waals surface area contributed by atoms with E-state index in [-0.39, 0.29) is 6.54 Å². The second kappa shape index (κ2) is 4.40. The molecule has 1 aromatic heterocycles.